The molecule has 45 heavy (non-hydrogen) atoms. The Kier molecular flexibility index (Phi) is 10.1. The molecule has 0 nitrogen and oxygen atoms in total. The molecule has 0 aliphatic carbocycles. The van der Waals surface area contributed by atoms with Crippen LogP contribution >= 0.6 is 24.6 Å². The van der Waals surface area contributed by atoms with E-state index in [0.29, 0.717) is 0 Å². The van der Waals surface area contributed by atoms with Gasteiger partial charge in [0.2, 0.25) is 0 Å². The molecule has 0 aliphatic heterocycles. The normalized spacial score (nSPS) is 14.3. The Labute approximate surface area is 262 Å². The molecule has 250 valence electrons. The molecule has 0 saturated heterocycles. The van der Waals surface area contributed by atoms with Crippen LogP contribution in [0.1, 0.15) is 33.4 Å². The van der Waals surface area contributed by atoms with E-state index in [2.05, 4.69) is 0 Å². The van der Waals surface area contributed by atoms with E-state index in [1.54, 1.807) is 0 Å². The molecule has 0 spiro atoms. The molecule has 0 heterocycles. The molecule has 0 aromatic heterocycles. The quantitative estimate of drug-likeness (QED) is 0.142. The second-order valence-corrected chi connectivity index (χ2v) is 28.0. The minimum absolute atomic E-state index is 0.0268. The van der Waals surface area contributed by atoms with Crippen LogP contribution in [0.4, 0.5) is 79.0 Å². The summed E-state index contributed by atoms with van der Waals surface area (Å²) < 4.78 is 239. The molecule has 0 saturated carbocycles. The van der Waals surface area contributed by atoms with Crippen LogP contribution in [0.25, 0.3) is 0 Å². The molecule has 0 bridgehead atoms. The Bertz CT molecular complexity index is 1390. The van der Waals surface area contributed by atoms with Crippen LogP contribution in [0.15, 0.2) is 54.6 Å². The van der Waals surface area contributed by atoms with Crippen molar-refractivity contribution in [1.82, 2.24) is 0 Å². The topological polar surface area (TPSA) is 0 Å². The van der Waals surface area contributed by atoms with Crippen molar-refractivity contribution in [2.75, 3.05) is 0 Å². The van der Waals surface area contributed by atoms with Crippen LogP contribution in [-0.2, 0) is 37.1 Å². The van der Waals surface area contributed by atoms with Crippen LogP contribution in [-0.4, -0.2) is 0 Å². The predicted molar refractivity (Wildman–Crippen MR) is 128 cm³/mol. The van der Waals surface area contributed by atoms with Crippen molar-refractivity contribution in [1.29, 1.82) is 0 Å². The monoisotopic (exact) mass is 924 g/mol. The van der Waals surface area contributed by atoms with E-state index in [4.69, 9.17) is 0 Å². The molecule has 0 aliphatic rings. The van der Waals surface area contributed by atoms with Crippen molar-refractivity contribution in [2.24, 2.45) is 0 Å². The maximum absolute atomic E-state index is 13.7. The van der Waals surface area contributed by atoms with E-state index in [1.165, 1.54) is 0 Å². The molecule has 0 N–H and O–H groups in total. The molecule has 0 unspecified atom stereocenters. The van der Waals surface area contributed by atoms with Crippen LogP contribution in [0.5, 0.6) is 0 Å². The zero-order valence-electron chi connectivity index (χ0n) is 20.7. The third-order valence-electron chi connectivity index (χ3n) is 5.56. The molecular formula is C24H9F18I2P. The summed E-state index contributed by atoms with van der Waals surface area (Å²) >= 11 is -1.90. The molecular weight excluding hydrogens is 915 g/mol. The van der Waals surface area contributed by atoms with Gasteiger partial charge in [0.1, 0.15) is 0 Å². The molecule has 0 radical (unpaired) electrons. The SMILES string of the molecule is FC(F)(F)c1cc([I-][P+](I)(c2cc(C(F)(F)F)cc(C(F)(F)F)c2)c2cc(C(F)(F)F)cc(C(F)(F)F)c2)cc(C(F)(F)F)c1. The van der Waals surface area contributed by atoms with E-state index in [0.717, 1.165) is 22.0 Å². The fourth-order valence-corrected chi connectivity index (χ4v) is 18.7. The Morgan fingerprint density at radius 2 is 0.556 bits per heavy atom. The van der Waals surface area contributed by atoms with Gasteiger partial charge in [-0.1, -0.05) is 0 Å². The number of alkyl halides is 18. The summed E-state index contributed by atoms with van der Waals surface area (Å²) in [5.74, 6) is 0. The summed E-state index contributed by atoms with van der Waals surface area (Å²) in [6, 6.07) is -1.17. The zero-order chi connectivity index (χ0) is 34.8. The van der Waals surface area contributed by atoms with Gasteiger partial charge in [0.25, 0.3) is 0 Å². The molecule has 0 amide bonds. The molecule has 3 aromatic rings. The molecule has 21 heteroatoms. The minimum atomic E-state index is -5.58. The first-order valence-electron chi connectivity index (χ1n) is 11.1. The maximum atomic E-state index is 13.7. The fourth-order valence-electron chi connectivity index (χ4n) is 3.55. The predicted octanol–water partition coefficient (Wildman–Crippen LogP) is 7.99. The van der Waals surface area contributed by atoms with Gasteiger partial charge < -0.3 is 0 Å². The first-order valence-corrected chi connectivity index (χ1v) is 19.5. The summed E-state index contributed by atoms with van der Waals surface area (Å²) in [6.45, 7) is 0. The van der Waals surface area contributed by atoms with E-state index in [-0.39, 0.29) is 42.5 Å². The second kappa shape index (κ2) is 12.1. The van der Waals surface area contributed by atoms with Gasteiger partial charge in [0.15, 0.2) is 0 Å². The van der Waals surface area contributed by atoms with Gasteiger partial charge in [-0.2, -0.15) is 0 Å². The van der Waals surface area contributed by atoms with Crippen molar-refractivity contribution < 1.29 is 99.7 Å². The van der Waals surface area contributed by atoms with Crippen LogP contribution in [0.3, 0.4) is 0 Å². The van der Waals surface area contributed by atoms with Gasteiger partial charge in [-0.3, -0.25) is 0 Å². The van der Waals surface area contributed by atoms with Crippen LogP contribution in [0.2, 0.25) is 0 Å². The Balaban J connectivity index is 2.53. The van der Waals surface area contributed by atoms with E-state index in [1.807, 2.05) is 0 Å². The summed E-state index contributed by atoms with van der Waals surface area (Å²) in [4.78, 5) is 0. The Hall–Kier alpha value is -1.71. The first-order chi connectivity index (χ1) is 19.9. The first kappa shape index (κ1) is 37.7. The zero-order valence-corrected chi connectivity index (χ0v) is 25.9. The summed E-state index contributed by atoms with van der Waals surface area (Å²) in [5.41, 5.74) is -12.2. The number of rotatable bonds is 4. The third kappa shape index (κ3) is 9.01. The van der Waals surface area contributed by atoms with Gasteiger partial charge in [-0.05, 0) is 0 Å². The standard InChI is InChI=1S/C24H9F18I2P/c25-19(26,27)10-1-11(20(28,29)30)5-16(4-10)44-45(43,17-6-12(21(31,32)33)2-13(7-17)22(34,35)36)18-8-14(23(37,38)39)3-15(9-18)24(40,41)42/h1-9H. The van der Waals surface area contributed by atoms with E-state index >= 15 is 0 Å². The second-order valence-electron chi connectivity index (χ2n) is 8.85. The summed E-state index contributed by atoms with van der Waals surface area (Å²) in [5, 5.41) is -2.34. The van der Waals surface area contributed by atoms with Crippen LogP contribution in [0, 0.1) is 3.57 Å². The molecule has 3 aromatic carbocycles. The van der Waals surface area contributed by atoms with E-state index in [9.17, 15) is 79.0 Å². The summed E-state index contributed by atoms with van der Waals surface area (Å²) in [7, 11) is 0. The molecule has 3 rings (SSSR count). The van der Waals surface area contributed by atoms with Crippen LogP contribution < -0.4 is 31.3 Å². The van der Waals surface area contributed by atoms with Gasteiger partial charge in [0.05, 0.1) is 0 Å². The van der Waals surface area contributed by atoms with Crippen molar-refractivity contribution in [3.8, 4) is 0 Å². The Morgan fingerprint density at radius 3 is 0.756 bits per heavy atom. The number of hydrogen-bond acceptors (Lipinski definition) is 0. The van der Waals surface area contributed by atoms with Crippen molar-refractivity contribution >= 4 is 35.2 Å². The third-order valence-corrected chi connectivity index (χ3v) is 22.4. The van der Waals surface area contributed by atoms with Gasteiger partial charge in [-0.25, -0.2) is 0 Å². The van der Waals surface area contributed by atoms with Crippen molar-refractivity contribution in [2.45, 2.75) is 37.1 Å². The number of benzene rings is 3. The average Bonchev–Trinajstić information content (AvgIpc) is 2.84. The molecule has 0 atom stereocenters. The number of halogens is 20. The number of hydrogen-bond donors (Lipinski definition) is 0. The van der Waals surface area contributed by atoms with Gasteiger partial charge >= 0.3 is 263 Å². The van der Waals surface area contributed by atoms with Gasteiger partial charge in [-0.15, -0.1) is 0 Å². The van der Waals surface area contributed by atoms with E-state index < -0.39 is 120 Å². The molecule has 0 fully saturated rings. The average molecular weight is 924 g/mol. The summed E-state index contributed by atoms with van der Waals surface area (Å²) in [6.07, 6.45) is -33.3. The fraction of sp³-hybridized carbons (Fsp3) is 0.250. The van der Waals surface area contributed by atoms with Crippen molar-refractivity contribution in [3.63, 3.8) is 0 Å². The van der Waals surface area contributed by atoms with Gasteiger partial charge in [0, 0.05) is 0 Å². The Morgan fingerprint density at radius 1 is 0.356 bits per heavy atom. The van der Waals surface area contributed by atoms with Crippen molar-refractivity contribution in [3.05, 3.63) is 91.5 Å².